The van der Waals surface area contributed by atoms with Crippen LogP contribution in [0.15, 0.2) is 43.0 Å². The number of hydrogen-bond acceptors (Lipinski definition) is 5. The second-order valence-corrected chi connectivity index (χ2v) is 8.49. The Morgan fingerprint density at radius 2 is 2.04 bits per heavy atom. The molecule has 2 aromatic rings. The number of aromatic nitrogens is 2. The monoisotopic (exact) mass is 421 g/mol. The van der Waals surface area contributed by atoms with Crippen LogP contribution in [0.5, 0.6) is 0 Å². The molecule has 0 N–H and O–H groups in total. The van der Waals surface area contributed by atoms with Gasteiger partial charge in [-0.3, -0.25) is 4.57 Å². The molecular formula is C20H24ClN3O3S. The van der Waals surface area contributed by atoms with Crippen molar-refractivity contribution < 1.29 is 14.3 Å². The molecule has 1 aliphatic rings. The van der Waals surface area contributed by atoms with Crippen LogP contribution in [0.25, 0.3) is 0 Å². The minimum absolute atomic E-state index is 0.197. The number of amides is 1. The highest BCUT2D eigenvalue weighted by atomic mass is 35.5. The van der Waals surface area contributed by atoms with Crippen molar-refractivity contribution in [3.05, 3.63) is 53.6 Å². The van der Waals surface area contributed by atoms with E-state index < -0.39 is 11.7 Å². The molecule has 1 amide bonds. The van der Waals surface area contributed by atoms with Gasteiger partial charge in [-0.25, -0.2) is 9.78 Å². The smallest absolute Gasteiger partial charge is 0.410 e. The van der Waals surface area contributed by atoms with Crippen molar-refractivity contribution in [2.24, 2.45) is 0 Å². The molecule has 0 bridgehead atoms. The van der Waals surface area contributed by atoms with Crippen molar-refractivity contribution in [3.8, 4) is 0 Å². The van der Waals surface area contributed by atoms with E-state index in [1.165, 1.54) is 0 Å². The summed E-state index contributed by atoms with van der Waals surface area (Å²) < 4.78 is 13.4. The second-order valence-electron chi connectivity index (χ2n) is 7.71. The molecule has 150 valence electrons. The highest BCUT2D eigenvalue weighted by molar-refractivity contribution is 7.80. The predicted molar refractivity (Wildman–Crippen MR) is 111 cm³/mol. The molecule has 6 nitrogen and oxygen atoms in total. The molecule has 1 saturated heterocycles. The average Bonchev–Trinajstić information content (AvgIpc) is 3.30. The summed E-state index contributed by atoms with van der Waals surface area (Å²) in [7, 11) is 0. The summed E-state index contributed by atoms with van der Waals surface area (Å²) >= 11 is 11.5. The summed E-state index contributed by atoms with van der Waals surface area (Å²) in [6.07, 6.45) is 5.82. The molecule has 3 rings (SSSR count). The molecule has 8 heteroatoms. The van der Waals surface area contributed by atoms with Crippen LogP contribution in [0.3, 0.4) is 0 Å². The lowest BCUT2D eigenvalue weighted by atomic mass is 10.00. The Balaban J connectivity index is 1.87. The van der Waals surface area contributed by atoms with Gasteiger partial charge in [0.2, 0.25) is 0 Å². The maximum Gasteiger partial charge on any atom is 0.410 e. The van der Waals surface area contributed by atoms with Crippen LogP contribution >= 0.6 is 23.8 Å². The van der Waals surface area contributed by atoms with Gasteiger partial charge in [0.05, 0.1) is 6.04 Å². The van der Waals surface area contributed by atoms with Gasteiger partial charge >= 0.3 is 6.09 Å². The number of likely N-dealkylation sites (tertiary alicyclic amines) is 1. The van der Waals surface area contributed by atoms with Crippen molar-refractivity contribution >= 4 is 35.1 Å². The van der Waals surface area contributed by atoms with E-state index in [4.69, 9.17) is 33.3 Å². The van der Waals surface area contributed by atoms with Crippen molar-refractivity contribution in [3.63, 3.8) is 0 Å². The number of nitrogens with zero attached hydrogens (tertiary/aromatic N) is 3. The van der Waals surface area contributed by atoms with E-state index in [0.717, 1.165) is 18.4 Å². The molecule has 2 atom stereocenters. The minimum atomic E-state index is -0.563. The zero-order valence-corrected chi connectivity index (χ0v) is 17.7. The Hall–Kier alpha value is -2.12. The van der Waals surface area contributed by atoms with Crippen LogP contribution in [0.4, 0.5) is 4.79 Å². The predicted octanol–water partition coefficient (Wildman–Crippen LogP) is 4.83. The standard InChI is InChI=1S/C20H24ClN3O3S/c1-20(2,3)27-18(25)24-11-4-5-16(24)17(14-6-8-15(21)9-7-14)26-19(28)23-12-10-22-13-23/h6-10,12-13,16-17H,4-5,11H2,1-3H3/t16-,17?/m0/s1. The largest absolute Gasteiger partial charge is 0.460 e. The molecular weight excluding hydrogens is 398 g/mol. The van der Waals surface area contributed by atoms with Crippen molar-refractivity contribution in [2.45, 2.75) is 51.4 Å². The Bertz CT molecular complexity index is 818. The lowest BCUT2D eigenvalue weighted by Gasteiger charge is -2.33. The van der Waals surface area contributed by atoms with Crippen molar-refractivity contribution in [1.82, 2.24) is 14.5 Å². The zero-order valence-electron chi connectivity index (χ0n) is 16.2. The molecule has 0 radical (unpaired) electrons. The van der Waals surface area contributed by atoms with E-state index in [9.17, 15) is 4.79 Å². The van der Waals surface area contributed by atoms with E-state index >= 15 is 0 Å². The summed E-state index contributed by atoms with van der Waals surface area (Å²) in [5.74, 6) is 0. The molecule has 0 spiro atoms. The van der Waals surface area contributed by atoms with Gasteiger partial charge in [0.25, 0.3) is 5.17 Å². The van der Waals surface area contributed by atoms with Gasteiger partial charge in [0, 0.05) is 24.0 Å². The molecule has 1 aliphatic heterocycles. The number of ether oxygens (including phenoxy) is 2. The lowest BCUT2D eigenvalue weighted by molar-refractivity contribution is 0.00709. The number of hydrogen-bond donors (Lipinski definition) is 0. The summed E-state index contributed by atoms with van der Waals surface area (Å²) in [4.78, 5) is 18.5. The van der Waals surface area contributed by atoms with Gasteiger partial charge < -0.3 is 14.4 Å². The number of imidazole rings is 1. The molecule has 1 aromatic heterocycles. The molecule has 1 unspecified atom stereocenters. The Morgan fingerprint density at radius 1 is 1.32 bits per heavy atom. The van der Waals surface area contributed by atoms with Gasteiger partial charge in [-0.2, -0.15) is 0 Å². The van der Waals surface area contributed by atoms with Gasteiger partial charge in [-0.05, 0) is 63.5 Å². The first kappa shape index (κ1) is 20.6. The first-order valence-electron chi connectivity index (χ1n) is 9.18. The first-order chi connectivity index (χ1) is 13.2. The zero-order chi connectivity index (χ0) is 20.3. The van der Waals surface area contributed by atoms with Gasteiger partial charge in [-0.1, -0.05) is 23.7 Å². The summed E-state index contributed by atoms with van der Waals surface area (Å²) in [6, 6.07) is 7.21. The Morgan fingerprint density at radius 3 is 2.64 bits per heavy atom. The first-order valence-corrected chi connectivity index (χ1v) is 9.97. The van der Waals surface area contributed by atoms with E-state index in [-0.39, 0.29) is 17.3 Å². The third kappa shape index (κ3) is 5.02. The van der Waals surface area contributed by atoms with E-state index in [1.807, 2.05) is 32.9 Å². The number of carbonyl (C=O) groups is 1. The third-order valence-corrected chi connectivity index (χ3v) is 4.98. The van der Waals surface area contributed by atoms with Gasteiger partial charge in [-0.15, -0.1) is 0 Å². The quantitative estimate of drug-likeness (QED) is 0.664. The van der Waals surface area contributed by atoms with Crippen LogP contribution in [0, 0.1) is 0 Å². The Labute approximate surface area is 175 Å². The van der Waals surface area contributed by atoms with Crippen LogP contribution in [-0.4, -0.2) is 43.9 Å². The number of rotatable bonds is 3. The maximum atomic E-state index is 12.8. The highest BCUT2D eigenvalue weighted by Gasteiger charge is 2.39. The fraction of sp³-hybridized carbons (Fsp3) is 0.450. The van der Waals surface area contributed by atoms with Crippen molar-refractivity contribution in [1.29, 1.82) is 0 Å². The molecule has 28 heavy (non-hydrogen) atoms. The number of carbonyl (C=O) groups excluding carboxylic acids is 1. The van der Waals surface area contributed by atoms with Crippen LogP contribution in [0.2, 0.25) is 5.02 Å². The lowest BCUT2D eigenvalue weighted by Crippen LogP contribution is -2.43. The highest BCUT2D eigenvalue weighted by Crippen LogP contribution is 2.34. The maximum absolute atomic E-state index is 12.8. The SMILES string of the molecule is CC(C)(C)OC(=O)N1CCC[C@H]1C(OC(=S)n1ccnc1)c1ccc(Cl)cc1. The molecule has 1 aromatic carbocycles. The fourth-order valence-corrected chi connectivity index (χ4v) is 3.55. The third-order valence-electron chi connectivity index (χ3n) is 4.42. The summed E-state index contributed by atoms with van der Waals surface area (Å²) in [5.41, 5.74) is 0.333. The number of benzene rings is 1. The fourth-order valence-electron chi connectivity index (χ4n) is 3.21. The van der Waals surface area contributed by atoms with E-state index in [2.05, 4.69) is 4.98 Å². The van der Waals surface area contributed by atoms with Gasteiger partial charge in [0.1, 0.15) is 18.0 Å². The Kier molecular flexibility index (Phi) is 6.25. The molecule has 2 heterocycles. The number of halogens is 1. The normalized spacial score (nSPS) is 18.0. The van der Waals surface area contributed by atoms with E-state index in [1.54, 1.807) is 40.3 Å². The van der Waals surface area contributed by atoms with Crippen molar-refractivity contribution in [2.75, 3.05) is 6.54 Å². The van der Waals surface area contributed by atoms with Crippen LogP contribution in [-0.2, 0) is 9.47 Å². The van der Waals surface area contributed by atoms with Crippen LogP contribution < -0.4 is 0 Å². The number of thiocarbonyl (C=S) groups is 1. The molecule has 1 fully saturated rings. The molecule has 0 saturated carbocycles. The second kappa shape index (κ2) is 8.49. The molecule has 0 aliphatic carbocycles. The van der Waals surface area contributed by atoms with Crippen LogP contribution in [0.1, 0.15) is 45.3 Å². The van der Waals surface area contributed by atoms with E-state index in [0.29, 0.717) is 11.6 Å². The summed E-state index contributed by atoms with van der Waals surface area (Å²) in [6.45, 7) is 6.19. The topological polar surface area (TPSA) is 56.6 Å². The summed E-state index contributed by atoms with van der Waals surface area (Å²) in [5, 5.41) is 0.906. The minimum Gasteiger partial charge on any atom is -0.460 e. The average molecular weight is 422 g/mol. The van der Waals surface area contributed by atoms with Gasteiger partial charge in [0.15, 0.2) is 0 Å².